The molecule has 0 radical (unpaired) electrons. The molecule has 1 N–H and O–H groups in total. The summed E-state index contributed by atoms with van der Waals surface area (Å²) in [6, 6.07) is 5.30. The zero-order chi connectivity index (χ0) is 19.4. The van der Waals surface area contributed by atoms with Gasteiger partial charge in [0.15, 0.2) is 4.75 Å². The normalized spacial score (nSPS) is 17.2. The van der Waals surface area contributed by atoms with Gasteiger partial charge in [0.25, 0.3) is 21.9 Å². The van der Waals surface area contributed by atoms with Crippen LogP contribution in [0.2, 0.25) is 0 Å². The van der Waals surface area contributed by atoms with E-state index >= 15 is 0 Å². The van der Waals surface area contributed by atoms with Gasteiger partial charge in [-0.05, 0) is 36.3 Å². The molecule has 1 unspecified atom stereocenters. The molecule has 1 aliphatic rings. The molecule has 1 saturated heterocycles. The molecular weight excluding hydrogens is 404 g/mol. The van der Waals surface area contributed by atoms with Gasteiger partial charge in [-0.3, -0.25) is 14.1 Å². The molecule has 0 spiro atoms. The summed E-state index contributed by atoms with van der Waals surface area (Å²) in [6.07, 6.45) is 1.08. The van der Waals surface area contributed by atoms with E-state index in [0.717, 1.165) is 6.92 Å². The molecule has 9 nitrogen and oxygen atoms in total. The fourth-order valence-electron chi connectivity index (χ4n) is 1.91. The number of amides is 2. The van der Waals surface area contributed by atoms with Gasteiger partial charge >= 0.3 is 5.97 Å². The molecule has 1 aliphatic heterocycles. The zero-order valence-corrected chi connectivity index (χ0v) is 16.1. The number of hydrogen-bond donors (Lipinski definition) is 1. The Morgan fingerprint density at radius 2 is 2.00 bits per heavy atom. The van der Waals surface area contributed by atoms with Crippen molar-refractivity contribution in [1.82, 2.24) is 10.0 Å². The van der Waals surface area contributed by atoms with Crippen LogP contribution in [0.5, 0.6) is 0 Å². The number of aromatic nitrogens is 1. The second-order valence-electron chi connectivity index (χ2n) is 5.49. The van der Waals surface area contributed by atoms with E-state index < -0.39 is 32.6 Å². The summed E-state index contributed by atoms with van der Waals surface area (Å²) in [5.41, 5.74) is 0. The van der Waals surface area contributed by atoms with Crippen molar-refractivity contribution >= 4 is 49.5 Å². The third-order valence-corrected chi connectivity index (χ3v) is 7.40. The molecule has 26 heavy (non-hydrogen) atoms. The first-order valence-corrected chi connectivity index (χ1v) is 11.2. The second kappa shape index (κ2) is 8.37. The van der Waals surface area contributed by atoms with Crippen molar-refractivity contribution in [2.75, 3.05) is 5.75 Å². The standard InChI is InChI=1S/C14H16N2O7S3/c1-14(26(20,21)22,7-9-24-25-10-4-2-3-8-15-10)13(19)23-16-11(17)5-6-12(16)18/h2-4,8H,5-7,9H2,1H3,(H,20,21,22). The van der Waals surface area contributed by atoms with E-state index in [1.807, 2.05) is 0 Å². The molecule has 1 fully saturated rings. The zero-order valence-electron chi connectivity index (χ0n) is 13.7. The lowest BCUT2D eigenvalue weighted by Gasteiger charge is -2.25. The summed E-state index contributed by atoms with van der Waals surface area (Å²) in [6.45, 7) is 0.988. The Kier molecular flexibility index (Phi) is 6.66. The minimum absolute atomic E-state index is 0.120. The van der Waals surface area contributed by atoms with Crippen LogP contribution in [0.4, 0.5) is 0 Å². The fraction of sp³-hybridized carbons (Fsp3) is 0.429. The maximum Gasteiger partial charge on any atom is 0.356 e. The highest BCUT2D eigenvalue weighted by Crippen LogP contribution is 2.33. The molecule has 0 saturated carbocycles. The Hall–Kier alpha value is -1.63. The monoisotopic (exact) mass is 420 g/mol. The number of rotatable bonds is 8. The summed E-state index contributed by atoms with van der Waals surface area (Å²) in [5, 5.41) is 0.948. The first kappa shape index (κ1) is 20.7. The molecule has 0 aliphatic carbocycles. The van der Waals surface area contributed by atoms with Crippen LogP contribution in [0.3, 0.4) is 0 Å². The number of carbonyl (C=O) groups excluding carboxylic acids is 3. The Bertz CT molecular complexity index is 784. The van der Waals surface area contributed by atoms with Gasteiger partial charge in [0.1, 0.15) is 5.03 Å². The number of hydroxylamine groups is 2. The van der Waals surface area contributed by atoms with Gasteiger partial charge in [-0.1, -0.05) is 16.9 Å². The van der Waals surface area contributed by atoms with Gasteiger partial charge in [-0.2, -0.15) is 8.42 Å². The van der Waals surface area contributed by atoms with Crippen molar-refractivity contribution in [2.45, 2.75) is 36.0 Å². The van der Waals surface area contributed by atoms with Gasteiger partial charge < -0.3 is 4.84 Å². The van der Waals surface area contributed by atoms with Gasteiger partial charge in [-0.25, -0.2) is 9.78 Å². The molecule has 2 heterocycles. The number of nitrogens with zero attached hydrogens (tertiary/aromatic N) is 2. The van der Waals surface area contributed by atoms with Gasteiger partial charge in [0.2, 0.25) is 0 Å². The molecule has 142 valence electrons. The lowest BCUT2D eigenvalue weighted by Crippen LogP contribution is -2.48. The largest absolute Gasteiger partial charge is 0.356 e. The molecule has 0 bridgehead atoms. The molecule has 12 heteroatoms. The highest BCUT2D eigenvalue weighted by Gasteiger charge is 2.49. The fourth-order valence-corrected chi connectivity index (χ4v) is 4.74. The molecule has 2 amide bonds. The van der Waals surface area contributed by atoms with E-state index in [-0.39, 0.29) is 30.1 Å². The number of imide groups is 1. The van der Waals surface area contributed by atoms with Crippen molar-refractivity contribution in [2.24, 2.45) is 0 Å². The quantitative estimate of drug-likeness (QED) is 0.285. The van der Waals surface area contributed by atoms with Gasteiger partial charge in [0, 0.05) is 24.8 Å². The average Bonchev–Trinajstić information content (AvgIpc) is 2.90. The Balaban J connectivity index is 2.01. The van der Waals surface area contributed by atoms with E-state index in [0.29, 0.717) is 5.03 Å². The predicted molar refractivity (Wildman–Crippen MR) is 94.3 cm³/mol. The minimum atomic E-state index is -4.85. The van der Waals surface area contributed by atoms with E-state index in [2.05, 4.69) is 9.82 Å². The number of pyridine rings is 1. The van der Waals surface area contributed by atoms with Crippen molar-refractivity contribution in [3.63, 3.8) is 0 Å². The second-order valence-corrected chi connectivity index (χ2v) is 9.78. The van der Waals surface area contributed by atoms with Crippen LogP contribution in [0.15, 0.2) is 29.4 Å². The van der Waals surface area contributed by atoms with Crippen LogP contribution in [0.1, 0.15) is 26.2 Å². The first-order chi connectivity index (χ1) is 12.1. The molecule has 1 atom stereocenters. The maximum atomic E-state index is 12.3. The van der Waals surface area contributed by atoms with Crippen molar-refractivity contribution < 1.29 is 32.2 Å². The third kappa shape index (κ3) is 4.75. The topological polar surface area (TPSA) is 131 Å². The van der Waals surface area contributed by atoms with Crippen LogP contribution in [0, 0.1) is 0 Å². The molecule has 1 aromatic heterocycles. The summed E-state index contributed by atoms with van der Waals surface area (Å²) < 4.78 is 30.6. The number of carbonyl (C=O) groups is 3. The van der Waals surface area contributed by atoms with Crippen LogP contribution in [0.25, 0.3) is 0 Å². The summed E-state index contributed by atoms with van der Waals surface area (Å²) >= 11 is 0. The van der Waals surface area contributed by atoms with E-state index in [9.17, 15) is 27.4 Å². The van der Waals surface area contributed by atoms with Crippen LogP contribution < -0.4 is 0 Å². The lowest BCUT2D eigenvalue weighted by molar-refractivity contribution is -0.199. The van der Waals surface area contributed by atoms with Crippen molar-refractivity contribution in [1.29, 1.82) is 0 Å². The van der Waals surface area contributed by atoms with E-state index in [1.54, 1.807) is 24.4 Å². The molecular formula is C14H16N2O7S3. The van der Waals surface area contributed by atoms with Gasteiger partial charge in [-0.15, -0.1) is 5.06 Å². The van der Waals surface area contributed by atoms with Crippen LogP contribution in [-0.2, 0) is 29.3 Å². The maximum absolute atomic E-state index is 12.3. The summed E-state index contributed by atoms with van der Waals surface area (Å²) in [4.78, 5) is 44.1. The van der Waals surface area contributed by atoms with Crippen molar-refractivity contribution in [3.8, 4) is 0 Å². The minimum Gasteiger partial charge on any atom is -0.328 e. The molecule has 1 aromatic rings. The van der Waals surface area contributed by atoms with Crippen molar-refractivity contribution in [3.05, 3.63) is 24.4 Å². The Labute approximate surface area is 158 Å². The van der Waals surface area contributed by atoms with Gasteiger partial charge in [0.05, 0.1) is 0 Å². The highest BCUT2D eigenvalue weighted by atomic mass is 33.1. The van der Waals surface area contributed by atoms with Crippen LogP contribution in [-0.4, -0.2) is 51.3 Å². The van der Waals surface area contributed by atoms with E-state index in [4.69, 9.17) is 0 Å². The first-order valence-electron chi connectivity index (χ1n) is 7.41. The lowest BCUT2D eigenvalue weighted by atomic mass is 10.1. The Morgan fingerprint density at radius 1 is 1.35 bits per heavy atom. The smallest absolute Gasteiger partial charge is 0.328 e. The summed E-state index contributed by atoms with van der Waals surface area (Å²) in [7, 11) is -2.34. The SMILES string of the molecule is CC(CCSSc1ccccn1)(C(=O)ON1C(=O)CCC1=O)S(=O)(=O)O. The van der Waals surface area contributed by atoms with E-state index in [1.165, 1.54) is 21.6 Å². The molecule has 0 aromatic carbocycles. The predicted octanol–water partition coefficient (Wildman–Crippen LogP) is 1.47. The number of hydrogen-bond acceptors (Lipinski definition) is 9. The van der Waals surface area contributed by atoms with Crippen LogP contribution >= 0.6 is 21.6 Å². The average molecular weight is 420 g/mol. The molecule has 2 rings (SSSR count). The third-order valence-electron chi connectivity index (χ3n) is 3.63. The Morgan fingerprint density at radius 3 is 2.54 bits per heavy atom. The summed E-state index contributed by atoms with van der Waals surface area (Å²) in [5.74, 6) is -2.69. The highest BCUT2D eigenvalue weighted by molar-refractivity contribution is 8.76.